The van der Waals surface area contributed by atoms with Gasteiger partial charge in [-0.15, -0.1) is 0 Å². The van der Waals surface area contributed by atoms with Crippen LogP contribution >= 0.6 is 11.6 Å². The minimum Gasteiger partial charge on any atom is -0.430 e. The van der Waals surface area contributed by atoms with Crippen molar-refractivity contribution in [2.24, 2.45) is 0 Å². The van der Waals surface area contributed by atoms with Crippen LogP contribution in [0.15, 0.2) is 12.2 Å². The van der Waals surface area contributed by atoms with Crippen molar-refractivity contribution in [3.63, 3.8) is 0 Å². The predicted octanol–water partition coefficient (Wildman–Crippen LogP) is 1.55. The second-order valence-corrected chi connectivity index (χ2v) is 1.75. The summed E-state index contributed by atoms with van der Waals surface area (Å²) in [5.41, 5.74) is -2.61. The van der Waals surface area contributed by atoms with Gasteiger partial charge < -0.3 is 4.74 Å². The molecular weight excluding hydrogens is 166 g/mol. The van der Waals surface area contributed by atoms with Crippen molar-refractivity contribution in [3.8, 4) is 0 Å². The standard InChI is InChI=1S/C5H5ClF2O2/c1-3(4(6)8)5(9)10-2-7/h4H,1-2H2. The Bertz CT molecular complexity index is 147. The fourth-order valence-electron chi connectivity index (χ4n) is 0.231. The van der Waals surface area contributed by atoms with Gasteiger partial charge in [0.05, 0.1) is 5.57 Å². The predicted molar refractivity (Wildman–Crippen MR) is 32.0 cm³/mol. The third kappa shape index (κ3) is 2.77. The SMILES string of the molecule is C=C(C(=O)OCF)C(F)Cl. The van der Waals surface area contributed by atoms with Crippen LogP contribution in [0.5, 0.6) is 0 Å². The van der Waals surface area contributed by atoms with Crippen molar-refractivity contribution < 1.29 is 18.3 Å². The summed E-state index contributed by atoms with van der Waals surface area (Å²) in [6.07, 6.45) is 0. The molecule has 0 aromatic heterocycles. The summed E-state index contributed by atoms with van der Waals surface area (Å²) >= 11 is 4.77. The first-order valence-corrected chi connectivity index (χ1v) is 2.73. The van der Waals surface area contributed by atoms with Crippen molar-refractivity contribution in [1.82, 2.24) is 0 Å². The van der Waals surface area contributed by atoms with Gasteiger partial charge in [0.25, 0.3) is 0 Å². The summed E-state index contributed by atoms with van der Waals surface area (Å²) in [7, 11) is 0. The number of carbonyl (C=O) groups is 1. The number of rotatable bonds is 3. The Labute approximate surface area is 61.4 Å². The summed E-state index contributed by atoms with van der Waals surface area (Å²) in [5.74, 6) is -1.16. The second kappa shape index (κ2) is 4.22. The number of hydrogen-bond donors (Lipinski definition) is 0. The van der Waals surface area contributed by atoms with Crippen LogP contribution in [-0.4, -0.2) is 18.5 Å². The van der Waals surface area contributed by atoms with Crippen LogP contribution < -0.4 is 0 Å². The number of esters is 1. The largest absolute Gasteiger partial charge is 0.430 e. The smallest absolute Gasteiger partial charge is 0.339 e. The first kappa shape index (κ1) is 9.36. The molecule has 0 spiro atoms. The van der Waals surface area contributed by atoms with Crippen LogP contribution in [0.4, 0.5) is 8.78 Å². The van der Waals surface area contributed by atoms with Crippen LogP contribution in [0.25, 0.3) is 0 Å². The molecule has 2 nitrogen and oxygen atoms in total. The van der Waals surface area contributed by atoms with Crippen molar-refractivity contribution in [3.05, 3.63) is 12.2 Å². The molecule has 0 amide bonds. The Hall–Kier alpha value is -0.640. The van der Waals surface area contributed by atoms with E-state index in [4.69, 9.17) is 11.6 Å². The fraction of sp³-hybridized carbons (Fsp3) is 0.400. The van der Waals surface area contributed by atoms with E-state index in [2.05, 4.69) is 11.3 Å². The molecule has 0 aliphatic carbocycles. The van der Waals surface area contributed by atoms with E-state index in [0.717, 1.165) is 0 Å². The van der Waals surface area contributed by atoms with Crippen LogP contribution in [0.3, 0.4) is 0 Å². The molecule has 0 rings (SSSR count). The Morgan fingerprint density at radius 1 is 1.80 bits per heavy atom. The summed E-state index contributed by atoms with van der Waals surface area (Å²) in [5, 5.41) is 0. The van der Waals surface area contributed by atoms with Crippen LogP contribution in [-0.2, 0) is 9.53 Å². The van der Waals surface area contributed by atoms with E-state index >= 15 is 0 Å². The van der Waals surface area contributed by atoms with Crippen molar-refractivity contribution in [2.45, 2.75) is 5.63 Å². The normalized spacial score (nSPS) is 12.3. The molecular formula is C5H5ClF2O2. The van der Waals surface area contributed by atoms with Crippen molar-refractivity contribution in [2.75, 3.05) is 6.86 Å². The zero-order valence-corrected chi connectivity index (χ0v) is 5.70. The van der Waals surface area contributed by atoms with E-state index in [1.807, 2.05) is 0 Å². The lowest BCUT2D eigenvalue weighted by Gasteiger charge is -2.01. The van der Waals surface area contributed by atoms with Crippen LogP contribution in [0.2, 0.25) is 0 Å². The number of halogens is 3. The topological polar surface area (TPSA) is 26.3 Å². The summed E-state index contributed by atoms with van der Waals surface area (Å²) in [4.78, 5) is 10.3. The van der Waals surface area contributed by atoms with Crippen molar-refractivity contribution >= 4 is 17.6 Å². The molecule has 0 N–H and O–H groups in total. The maximum absolute atomic E-state index is 11.9. The monoisotopic (exact) mass is 170 g/mol. The number of alkyl halides is 3. The van der Waals surface area contributed by atoms with Gasteiger partial charge in [0, 0.05) is 0 Å². The van der Waals surface area contributed by atoms with Gasteiger partial charge in [0.2, 0.25) is 12.5 Å². The highest BCUT2D eigenvalue weighted by Crippen LogP contribution is 2.10. The number of ether oxygens (including phenoxy) is 1. The van der Waals surface area contributed by atoms with Gasteiger partial charge in [0.15, 0.2) is 0 Å². The fourth-order valence-corrected chi connectivity index (χ4v) is 0.320. The van der Waals surface area contributed by atoms with Gasteiger partial charge in [-0.3, -0.25) is 0 Å². The van der Waals surface area contributed by atoms with Gasteiger partial charge in [-0.1, -0.05) is 18.2 Å². The minimum absolute atomic E-state index is 0.598. The Kier molecular flexibility index (Phi) is 3.95. The maximum Gasteiger partial charge on any atom is 0.339 e. The van der Waals surface area contributed by atoms with E-state index in [1.54, 1.807) is 0 Å². The van der Waals surface area contributed by atoms with Gasteiger partial charge in [0.1, 0.15) is 0 Å². The zero-order valence-electron chi connectivity index (χ0n) is 4.94. The lowest BCUT2D eigenvalue weighted by atomic mass is 10.3. The molecule has 0 aromatic carbocycles. The molecule has 0 saturated heterocycles. The number of hydrogen-bond acceptors (Lipinski definition) is 2. The first-order valence-electron chi connectivity index (χ1n) is 2.29. The molecule has 1 atom stereocenters. The van der Waals surface area contributed by atoms with Gasteiger partial charge in [-0.05, 0) is 0 Å². The molecule has 0 aliphatic heterocycles. The van der Waals surface area contributed by atoms with E-state index in [1.165, 1.54) is 0 Å². The van der Waals surface area contributed by atoms with E-state index in [0.29, 0.717) is 0 Å². The Morgan fingerprint density at radius 3 is 2.60 bits per heavy atom. The third-order valence-corrected chi connectivity index (χ3v) is 0.975. The highest BCUT2D eigenvalue weighted by atomic mass is 35.5. The van der Waals surface area contributed by atoms with Crippen LogP contribution in [0.1, 0.15) is 0 Å². The number of carbonyl (C=O) groups excluding carboxylic acids is 1. The molecule has 0 fully saturated rings. The second-order valence-electron chi connectivity index (χ2n) is 1.37. The van der Waals surface area contributed by atoms with Gasteiger partial charge >= 0.3 is 5.97 Å². The van der Waals surface area contributed by atoms with Gasteiger partial charge in [-0.2, -0.15) is 0 Å². The molecule has 10 heavy (non-hydrogen) atoms. The summed E-state index contributed by atoms with van der Waals surface area (Å²) in [6, 6.07) is 0. The third-order valence-electron chi connectivity index (χ3n) is 0.711. The molecule has 1 unspecified atom stereocenters. The maximum atomic E-state index is 11.9. The van der Waals surface area contributed by atoms with E-state index in [9.17, 15) is 13.6 Å². The highest BCUT2D eigenvalue weighted by Gasteiger charge is 2.16. The molecule has 0 heterocycles. The first-order chi connectivity index (χ1) is 4.59. The lowest BCUT2D eigenvalue weighted by Crippen LogP contribution is -2.11. The molecule has 0 aliphatic rings. The average Bonchev–Trinajstić information content (AvgIpc) is 1.87. The van der Waals surface area contributed by atoms with E-state index in [-0.39, 0.29) is 0 Å². The molecule has 58 valence electrons. The molecule has 0 bridgehead atoms. The Morgan fingerprint density at radius 2 is 2.30 bits per heavy atom. The van der Waals surface area contributed by atoms with Crippen molar-refractivity contribution in [1.29, 1.82) is 0 Å². The molecule has 0 radical (unpaired) electrons. The molecule has 0 aromatic rings. The highest BCUT2D eigenvalue weighted by molar-refractivity contribution is 6.24. The molecule has 5 heteroatoms. The molecule has 0 saturated carbocycles. The van der Waals surface area contributed by atoms with Crippen LogP contribution in [0, 0.1) is 0 Å². The minimum atomic E-state index is -2.01. The summed E-state index contributed by atoms with van der Waals surface area (Å²) < 4.78 is 26.9. The quantitative estimate of drug-likeness (QED) is 0.365. The summed E-state index contributed by atoms with van der Waals surface area (Å²) in [6.45, 7) is 1.62. The Balaban J connectivity index is 3.83. The van der Waals surface area contributed by atoms with E-state index < -0.39 is 24.0 Å². The lowest BCUT2D eigenvalue weighted by molar-refractivity contribution is -0.143. The average molecular weight is 171 g/mol. The zero-order chi connectivity index (χ0) is 8.15. The van der Waals surface area contributed by atoms with Gasteiger partial charge in [-0.25, -0.2) is 13.6 Å².